The molecule has 7 aromatic rings. The molecule has 0 heteroatoms. The third kappa shape index (κ3) is 6.90. The molecule has 0 aliphatic heterocycles. The summed E-state index contributed by atoms with van der Waals surface area (Å²) in [6, 6.07) is 63.2. The Kier molecular flexibility index (Phi) is 8.36. The molecule has 0 unspecified atom stereocenters. The van der Waals surface area contributed by atoms with Crippen LogP contribution in [0.15, 0.2) is 182 Å². The van der Waals surface area contributed by atoms with E-state index < -0.39 is 0 Å². The van der Waals surface area contributed by atoms with Gasteiger partial charge in [-0.25, -0.2) is 0 Å². The summed E-state index contributed by atoms with van der Waals surface area (Å²) in [6.07, 6.45) is 0. The van der Waals surface area contributed by atoms with E-state index in [1.807, 2.05) is 48.5 Å². The molecule has 46 heavy (non-hydrogen) atoms. The minimum Gasteiger partial charge on any atom is -0.0622 e. The zero-order valence-corrected chi connectivity index (χ0v) is 25.3. The molecule has 0 spiro atoms. The molecule has 7 rings (SSSR count). The van der Waals surface area contributed by atoms with Gasteiger partial charge in [0.15, 0.2) is 0 Å². The summed E-state index contributed by atoms with van der Waals surface area (Å²) in [5.41, 5.74) is 13.2. The fraction of sp³-hybridized carbons (Fsp3) is 0. The first-order valence-electron chi connectivity index (χ1n) is 15.4. The van der Waals surface area contributed by atoms with Crippen LogP contribution in [0.4, 0.5) is 0 Å². The molecular weight excluding hydrogens is 553 g/mol. The Bertz CT molecular complexity index is 1930. The molecule has 0 amide bonds. The number of rotatable bonds is 4. The summed E-state index contributed by atoms with van der Waals surface area (Å²) in [5.74, 6) is 13.6. The van der Waals surface area contributed by atoms with Crippen LogP contribution in [0.25, 0.3) is 44.5 Å². The molecule has 0 fully saturated rings. The van der Waals surface area contributed by atoms with Gasteiger partial charge in [0.2, 0.25) is 0 Å². The standard InChI is InChI=1S/C46H30/c1-5-13-39(14-6-1)43-29-37(30-44(33-43)40-15-7-2-8-16-40)27-25-35-21-23-36(24-22-35)26-28-38-31-45(41-17-9-3-10-18-41)34-46(32-38)42-19-11-4-12-20-42/h1-24,29-34H. The van der Waals surface area contributed by atoms with E-state index in [4.69, 9.17) is 0 Å². The van der Waals surface area contributed by atoms with Gasteiger partial charge in [-0.1, -0.05) is 145 Å². The molecule has 0 aromatic heterocycles. The second-order valence-electron chi connectivity index (χ2n) is 11.1. The lowest BCUT2D eigenvalue weighted by atomic mass is 9.96. The van der Waals surface area contributed by atoms with Gasteiger partial charge in [-0.3, -0.25) is 0 Å². The highest BCUT2D eigenvalue weighted by atomic mass is 14.1. The SMILES string of the molecule is C(#Cc1cc(-c2ccccc2)cc(-c2ccccc2)c1)c1ccc(C#Cc2cc(-c3ccccc3)cc(-c3ccccc3)c2)cc1. The van der Waals surface area contributed by atoms with Gasteiger partial charge in [0.1, 0.15) is 0 Å². The van der Waals surface area contributed by atoms with Crippen molar-refractivity contribution >= 4 is 0 Å². The molecule has 0 saturated carbocycles. The van der Waals surface area contributed by atoms with E-state index in [1.165, 1.54) is 22.3 Å². The molecule has 0 N–H and O–H groups in total. The van der Waals surface area contributed by atoms with Gasteiger partial charge in [-0.05, 0) is 105 Å². The molecule has 0 nitrogen and oxygen atoms in total. The topological polar surface area (TPSA) is 0 Å². The van der Waals surface area contributed by atoms with E-state index >= 15 is 0 Å². The van der Waals surface area contributed by atoms with Crippen molar-refractivity contribution in [1.82, 2.24) is 0 Å². The lowest BCUT2D eigenvalue weighted by Crippen LogP contribution is -1.86. The fourth-order valence-electron chi connectivity index (χ4n) is 5.51. The molecule has 214 valence electrons. The quantitative estimate of drug-likeness (QED) is 0.181. The van der Waals surface area contributed by atoms with Gasteiger partial charge < -0.3 is 0 Å². The summed E-state index contributed by atoms with van der Waals surface area (Å²) < 4.78 is 0. The van der Waals surface area contributed by atoms with Crippen LogP contribution in [0.2, 0.25) is 0 Å². The third-order valence-electron chi connectivity index (χ3n) is 7.88. The molecule has 0 bridgehead atoms. The Morgan fingerprint density at radius 3 is 0.696 bits per heavy atom. The average molecular weight is 583 g/mol. The van der Waals surface area contributed by atoms with Gasteiger partial charge in [-0.2, -0.15) is 0 Å². The highest BCUT2D eigenvalue weighted by Gasteiger charge is 2.06. The average Bonchev–Trinajstić information content (AvgIpc) is 3.15. The van der Waals surface area contributed by atoms with Gasteiger partial charge in [0.05, 0.1) is 0 Å². The first-order valence-corrected chi connectivity index (χ1v) is 15.4. The van der Waals surface area contributed by atoms with Crippen LogP contribution in [-0.4, -0.2) is 0 Å². The molecule has 0 heterocycles. The molecule has 0 radical (unpaired) electrons. The Balaban J connectivity index is 1.17. The predicted octanol–water partition coefficient (Wildman–Crippen LogP) is 11.2. The maximum Gasteiger partial charge on any atom is 0.0261 e. The van der Waals surface area contributed by atoms with E-state index in [0.29, 0.717) is 0 Å². The first-order chi connectivity index (χ1) is 22.8. The van der Waals surface area contributed by atoms with Crippen LogP contribution >= 0.6 is 0 Å². The minimum absolute atomic E-state index is 0.953. The third-order valence-corrected chi connectivity index (χ3v) is 7.88. The lowest BCUT2D eigenvalue weighted by Gasteiger charge is -2.08. The Morgan fingerprint density at radius 1 is 0.196 bits per heavy atom. The number of hydrogen-bond acceptors (Lipinski definition) is 0. The Morgan fingerprint density at radius 2 is 0.435 bits per heavy atom. The summed E-state index contributed by atoms with van der Waals surface area (Å²) in [7, 11) is 0. The van der Waals surface area contributed by atoms with E-state index in [0.717, 1.165) is 44.5 Å². The van der Waals surface area contributed by atoms with Gasteiger partial charge >= 0.3 is 0 Å². The van der Waals surface area contributed by atoms with E-state index in [2.05, 4.69) is 157 Å². The van der Waals surface area contributed by atoms with Crippen molar-refractivity contribution in [3.8, 4) is 68.2 Å². The van der Waals surface area contributed by atoms with Crippen molar-refractivity contribution in [3.63, 3.8) is 0 Å². The second-order valence-corrected chi connectivity index (χ2v) is 11.1. The van der Waals surface area contributed by atoms with Crippen molar-refractivity contribution in [3.05, 3.63) is 204 Å². The zero-order chi connectivity index (χ0) is 31.0. The highest BCUT2D eigenvalue weighted by molar-refractivity contribution is 5.77. The summed E-state index contributed by atoms with van der Waals surface area (Å²) in [4.78, 5) is 0. The second kappa shape index (κ2) is 13.5. The Labute approximate surface area is 271 Å². The van der Waals surface area contributed by atoms with Crippen molar-refractivity contribution in [2.75, 3.05) is 0 Å². The van der Waals surface area contributed by atoms with E-state index in [-0.39, 0.29) is 0 Å². The highest BCUT2D eigenvalue weighted by Crippen LogP contribution is 2.29. The van der Waals surface area contributed by atoms with Gasteiger partial charge in [0.25, 0.3) is 0 Å². The van der Waals surface area contributed by atoms with Gasteiger partial charge in [0, 0.05) is 22.3 Å². The summed E-state index contributed by atoms with van der Waals surface area (Å²) in [6.45, 7) is 0. The van der Waals surface area contributed by atoms with Crippen LogP contribution in [0.1, 0.15) is 22.3 Å². The molecule has 0 aliphatic rings. The number of hydrogen-bond donors (Lipinski definition) is 0. The van der Waals surface area contributed by atoms with Crippen molar-refractivity contribution in [2.24, 2.45) is 0 Å². The van der Waals surface area contributed by atoms with E-state index in [9.17, 15) is 0 Å². The monoisotopic (exact) mass is 582 g/mol. The predicted molar refractivity (Wildman–Crippen MR) is 193 cm³/mol. The van der Waals surface area contributed by atoms with E-state index in [1.54, 1.807) is 0 Å². The van der Waals surface area contributed by atoms with Crippen LogP contribution in [0.5, 0.6) is 0 Å². The molecular formula is C46H30. The van der Waals surface area contributed by atoms with Crippen molar-refractivity contribution in [2.45, 2.75) is 0 Å². The normalized spacial score (nSPS) is 10.3. The first kappa shape index (κ1) is 28.4. The van der Waals surface area contributed by atoms with Crippen LogP contribution < -0.4 is 0 Å². The Hall–Kier alpha value is -6.34. The summed E-state index contributed by atoms with van der Waals surface area (Å²) in [5, 5.41) is 0. The lowest BCUT2D eigenvalue weighted by molar-refractivity contribution is 1.55. The largest absolute Gasteiger partial charge is 0.0622 e. The molecule has 7 aromatic carbocycles. The van der Waals surface area contributed by atoms with Crippen LogP contribution in [0.3, 0.4) is 0 Å². The van der Waals surface area contributed by atoms with Crippen molar-refractivity contribution in [1.29, 1.82) is 0 Å². The van der Waals surface area contributed by atoms with Crippen LogP contribution in [-0.2, 0) is 0 Å². The number of benzene rings is 7. The smallest absolute Gasteiger partial charge is 0.0261 e. The molecule has 0 saturated heterocycles. The minimum atomic E-state index is 0.953. The maximum absolute atomic E-state index is 3.42. The molecule has 0 aliphatic carbocycles. The fourth-order valence-corrected chi connectivity index (χ4v) is 5.51. The zero-order valence-electron chi connectivity index (χ0n) is 25.3. The van der Waals surface area contributed by atoms with Crippen LogP contribution in [0, 0.1) is 23.7 Å². The maximum atomic E-state index is 3.42. The van der Waals surface area contributed by atoms with Crippen molar-refractivity contribution < 1.29 is 0 Å². The van der Waals surface area contributed by atoms with Gasteiger partial charge in [-0.15, -0.1) is 0 Å². The summed E-state index contributed by atoms with van der Waals surface area (Å²) >= 11 is 0. The molecule has 0 atom stereocenters.